The number of rotatable bonds is 11. The van der Waals surface area contributed by atoms with E-state index in [1.54, 1.807) is 0 Å². The van der Waals surface area contributed by atoms with Crippen molar-refractivity contribution >= 4 is 11.8 Å². The van der Waals surface area contributed by atoms with Gasteiger partial charge in [0.25, 0.3) is 0 Å². The molecule has 7 nitrogen and oxygen atoms in total. The van der Waals surface area contributed by atoms with Crippen molar-refractivity contribution in [3.05, 3.63) is 36.0 Å². The van der Waals surface area contributed by atoms with Gasteiger partial charge in [-0.05, 0) is 64.1 Å². The molecule has 2 N–H and O–H groups in total. The maximum absolute atomic E-state index is 5.82. The van der Waals surface area contributed by atoms with Crippen molar-refractivity contribution in [1.82, 2.24) is 15.3 Å². The van der Waals surface area contributed by atoms with Crippen LogP contribution in [0.15, 0.2) is 30.5 Å². The van der Waals surface area contributed by atoms with Crippen molar-refractivity contribution in [3.8, 4) is 11.5 Å². The molecule has 0 spiro atoms. The lowest BCUT2D eigenvalue weighted by Crippen LogP contribution is -2.31. The van der Waals surface area contributed by atoms with Gasteiger partial charge in [-0.3, -0.25) is 0 Å². The number of nitrogens with one attached hydrogen (secondary N) is 2. The SMILES string of the molecule is CCOc1ccc(CNCC2CCC(Nc3nccc(N(C)C)n3)CC2)c(OCC)c1. The van der Waals surface area contributed by atoms with Crippen LogP contribution in [-0.4, -0.2) is 49.9 Å². The number of benzene rings is 1. The Hall–Kier alpha value is -2.54. The quantitative estimate of drug-likeness (QED) is 0.559. The van der Waals surface area contributed by atoms with Crippen molar-refractivity contribution < 1.29 is 9.47 Å². The van der Waals surface area contributed by atoms with E-state index in [-0.39, 0.29) is 0 Å². The number of aromatic nitrogens is 2. The maximum atomic E-state index is 5.82. The first-order valence-electron chi connectivity index (χ1n) is 11.4. The van der Waals surface area contributed by atoms with Crippen LogP contribution in [0.1, 0.15) is 45.1 Å². The van der Waals surface area contributed by atoms with Gasteiger partial charge in [0.15, 0.2) is 0 Å². The molecule has 1 aliphatic rings. The zero-order valence-electron chi connectivity index (χ0n) is 19.4. The van der Waals surface area contributed by atoms with E-state index in [2.05, 4.69) is 26.7 Å². The van der Waals surface area contributed by atoms with Gasteiger partial charge in [-0.1, -0.05) is 6.07 Å². The summed E-state index contributed by atoms with van der Waals surface area (Å²) in [5.74, 6) is 4.13. The first-order chi connectivity index (χ1) is 15.1. The highest BCUT2D eigenvalue weighted by Gasteiger charge is 2.21. The summed E-state index contributed by atoms with van der Waals surface area (Å²) < 4.78 is 11.4. The average Bonchev–Trinajstić information content (AvgIpc) is 2.77. The predicted octanol–water partition coefficient (Wildman–Crippen LogP) is 4.10. The summed E-state index contributed by atoms with van der Waals surface area (Å²) >= 11 is 0. The zero-order chi connectivity index (χ0) is 22.1. The molecule has 0 amide bonds. The van der Waals surface area contributed by atoms with E-state index in [0.717, 1.165) is 49.2 Å². The summed E-state index contributed by atoms with van der Waals surface area (Å²) in [6.07, 6.45) is 6.53. The Morgan fingerprint density at radius 2 is 1.81 bits per heavy atom. The molecule has 31 heavy (non-hydrogen) atoms. The lowest BCUT2D eigenvalue weighted by molar-refractivity contribution is 0.314. The van der Waals surface area contributed by atoms with Crippen LogP contribution in [0, 0.1) is 5.92 Å². The summed E-state index contributed by atoms with van der Waals surface area (Å²) in [7, 11) is 3.99. The number of ether oxygens (including phenoxy) is 2. The third kappa shape index (κ3) is 6.99. The molecule has 170 valence electrons. The van der Waals surface area contributed by atoms with E-state index in [0.29, 0.717) is 25.2 Å². The molecule has 1 aromatic carbocycles. The molecule has 2 aromatic rings. The second kappa shape index (κ2) is 11.7. The van der Waals surface area contributed by atoms with Crippen molar-refractivity contribution in [1.29, 1.82) is 0 Å². The zero-order valence-corrected chi connectivity index (χ0v) is 19.4. The minimum atomic E-state index is 0.448. The number of anilines is 2. The highest BCUT2D eigenvalue weighted by Crippen LogP contribution is 2.27. The number of hydrogen-bond acceptors (Lipinski definition) is 7. The van der Waals surface area contributed by atoms with E-state index < -0.39 is 0 Å². The fourth-order valence-corrected chi connectivity index (χ4v) is 4.00. The van der Waals surface area contributed by atoms with Gasteiger partial charge in [0, 0.05) is 44.5 Å². The average molecular weight is 428 g/mol. The molecule has 0 aliphatic heterocycles. The van der Waals surface area contributed by atoms with Crippen LogP contribution in [0.3, 0.4) is 0 Å². The Balaban J connectivity index is 1.43. The van der Waals surface area contributed by atoms with Crippen LogP contribution in [0.25, 0.3) is 0 Å². The van der Waals surface area contributed by atoms with Gasteiger partial charge in [0.2, 0.25) is 5.95 Å². The molecule has 0 atom stereocenters. The fraction of sp³-hybridized carbons (Fsp3) is 0.583. The third-order valence-electron chi connectivity index (χ3n) is 5.68. The summed E-state index contributed by atoms with van der Waals surface area (Å²) in [5.41, 5.74) is 1.18. The molecule has 0 saturated heterocycles. The summed E-state index contributed by atoms with van der Waals surface area (Å²) in [6, 6.07) is 8.49. The first-order valence-corrected chi connectivity index (χ1v) is 11.4. The van der Waals surface area contributed by atoms with Gasteiger partial charge in [-0.25, -0.2) is 4.98 Å². The number of hydrogen-bond donors (Lipinski definition) is 2. The Bertz CT molecular complexity index is 806. The Kier molecular flexibility index (Phi) is 8.76. The standard InChI is InChI=1S/C24H37N5O2/c1-5-30-21-12-9-19(22(15-21)31-6-2)17-25-16-18-7-10-20(11-8-18)27-24-26-14-13-23(28-24)29(3)4/h9,12-15,18,20,25H,5-8,10-11,16-17H2,1-4H3,(H,26,27,28). The van der Waals surface area contributed by atoms with Gasteiger partial charge in [-0.2, -0.15) is 4.98 Å². The Labute approximate surface area is 186 Å². The lowest BCUT2D eigenvalue weighted by Gasteiger charge is -2.29. The molecule has 1 aromatic heterocycles. The van der Waals surface area contributed by atoms with Crippen LogP contribution in [0.5, 0.6) is 11.5 Å². The predicted molar refractivity (Wildman–Crippen MR) is 126 cm³/mol. The van der Waals surface area contributed by atoms with E-state index >= 15 is 0 Å². The third-order valence-corrected chi connectivity index (χ3v) is 5.68. The Morgan fingerprint density at radius 3 is 2.52 bits per heavy atom. The molecule has 1 heterocycles. The minimum Gasteiger partial charge on any atom is -0.494 e. The monoisotopic (exact) mass is 427 g/mol. The molecular formula is C24H37N5O2. The molecule has 1 aliphatic carbocycles. The van der Waals surface area contributed by atoms with Gasteiger partial charge >= 0.3 is 0 Å². The van der Waals surface area contributed by atoms with E-state index in [1.807, 2.05) is 57.2 Å². The van der Waals surface area contributed by atoms with Crippen LogP contribution >= 0.6 is 0 Å². The summed E-state index contributed by atoms with van der Waals surface area (Å²) in [6.45, 7) is 7.16. The second-order valence-electron chi connectivity index (χ2n) is 8.26. The second-order valence-corrected chi connectivity index (χ2v) is 8.26. The molecule has 0 radical (unpaired) electrons. The molecular weight excluding hydrogens is 390 g/mol. The van der Waals surface area contributed by atoms with Crippen molar-refractivity contribution in [2.75, 3.05) is 44.1 Å². The van der Waals surface area contributed by atoms with Crippen LogP contribution in [0.2, 0.25) is 0 Å². The minimum absolute atomic E-state index is 0.448. The lowest BCUT2D eigenvalue weighted by atomic mass is 9.86. The van der Waals surface area contributed by atoms with Crippen LogP contribution in [0.4, 0.5) is 11.8 Å². The van der Waals surface area contributed by atoms with E-state index in [4.69, 9.17) is 9.47 Å². The molecule has 1 saturated carbocycles. The van der Waals surface area contributed by atoms with E-state index in [9.17, 15) is 0 Å². The first kappa shape index (κ1) is 23.1. The summed E-state index contributed by atoms with van der Waals surface area (Å²) in [5, 5.41) is 7.15. The smallest absolute Gasteiger partial charge is 0.224 e. The molecule has 7 heteroatoms. The highest BCUT2D eigenvalue weighted by molar-refractivity contribution is 5.42. The molecule has 0 unspecified atom stereocenters. The molecule has 0 bridgehead atoms. The van der Waals surface area contributed by atoms with Gasteiger partial charge < -0.3 is 25.0 Å². The van der Waals surface area contributed by atoms with Crippen LogP contribution in [-0.2, 0) is 6.54 Å². The number of nitrogens with zero attached hydrogens (tertiary/aromatic N) is 3. The topological polar surface area (TPSA) is 71.5 Å². The Morgan fingerprint density at radius 1 is 1.03 bits per heavy atom. The van der Waals surface area contributed by atoms with E-state index in [1.165, 1.54) is 18.4 Å². The van der Waals surface area contributed by atoms with Crippen molar-refractivity contribution in [2.45, 2.75) is 52.1 Å². The normalized spacial score (nSPS) is 18.5. The van der Waals surface area contributed by atoms with Crippen molar-refractivity contribution in [2.24, 2.45) is 5.92 Å². The molecule has 1 fully saturated rings. The maximum Gasteiger partial charge on any atom is 0.224 e. The largest absolute Gasteiger partial charge is 0.494 e. The van der Waals surface area contributed by atoms with Gasteiger partial charge in [-0.15, -0.1) is 0 Å². The van der Waals surface area contributed by atoms with Crippen LogP contribution < -0.4 is 25.0 Å². The fourth-order valence-electron chi connectivity index (χ4n) is 4.00. The summed E-state index contributed by atoms with van der Waals surface area (Å²) in [4.78, 5) is 11.0. The van der Waals surface area contributed by atoms with Gasteiger partial charge in [0.1, 0.15) is 17.3 Å². The highest BCUT2D eigenvalue weighted by atomic mass is 16.5. The van der Waals surface area contributed by atoms with Crippen molar-refractivity contribution in [3.63, 3.8) is 0 Å². The van der Waals surface area contributed by atoms with Gasteiger partial charge in [0.05, 0.1) is 13.2 Å². The molecule has 3 rings (SSSR count).